The molecule has 4 rings (SSSR count). The number of aliphatic hydroxyl groups excluding tert-OH is 2. The molecule has 2 aliphatic rings. The van der Waals surface area contributed by atoms with Gasteiger partial charge in [0.1, 0.15) is 6.04 Å². The number of likely N-dealkylation sites (tertiary alicyclic amines) is 1. The number of rotatable bonds is 12. The molecule has 4 N–H and O–H groups in total. The second-order valence-corrected chi connectivity index (χ2v) is 10.7. The van der Waals surface area contributed by atoms with Crippen LogP contribution in [0.4, 0.5) is 4.79 Å². The van der Waals surface area contributed by atoms with Gasteiger partial charge in [0.25, 0.3) is 11.8 Å². The normalized spacial score (nSPS) is 19.7. The summed E-state index contributed by atoms with van der Waals surface area (Å²) in [4.78, 5) is 70.6. The zero-order valence-electron chi connectivity index (χ0n) is 25.5. The molecular formula is C29H38N6O11. The van der Waals surface area contributed by atoms with Gasteiger partial charge in [-0.25, -0.2) is 9.48 Å². The highest BCUT2D eigenvalue weighted by Gasteiger charge is 2.36. The number of nitrogens with zero attached hydrogens (tertiary/aromatic N) is 5. The highest BCUT2D eigenvalue weighted by Crippen LogP contribution is 2.23. The van der Waals surface area contributed by atoms with Gasteiger partial charge < -0.3 is 44.7 Å². The Labute approximate surface area is 264 Å². The summed E-state index contributed by atoms with van der Waals surface area (Å²) < 4.78 is 12.0. The molecule has 2 aromatic rings. The zero-order chi connectivity index (χ0) is 33.4. The van der Waals surface area contributed by atoms with Crippen molar-refractivity contribution in [2.24, 2.45) is 0 Å². The van der Waals surface area contributed by atoms with Crippen LogP contribution in [-0.4, -0.2) is 140 Å². The third-order valence-corrected chi connectivity index (χ3v) is 7.39. The van der Waals surface area contributed by atoms with Crippen LogP contribution in [0.1, 0.15) is 37.2 Å². The Balaban J connectivity index is 1.49. The van der Waals surface area contributed by atoms with Crippen LogP contribution in [0, 0.1) is 0 Å². The van der Waals surface area contributed by atoms with E-state index in [1.807, 2.05) is 0 Å². The summed E-state index contributed by atoms with van der Waals surface area (Å²) >= 11 is 0. The maximum Gasteiger partial charge on any atom is 0.527 e. The highest BCUT2D eigenvalue weighted by atomic mass is 16.8. The molecule has 46 heavy (non-hydrogen) atoms. The van der Waals surface area contributed by atoms with Crippen LogP contribution in [0.3, 0.4) is 0 Å². The van der Waals surface area contributed by atoms with E-state index in [1.165, 1.54) is 32.5 Å². The van der Waals surface area contributed by atoms with Crippen molar-refractivity contribution in [3.05, 3.63) is 42.1 Å². The van der Waals surface area contributed by atoms with Crippen molar-refractivity contribution in [3.63, 3.8) is 0 Å². The summed E-state index contributed by atoms with van der Waals surface area (Å²) in [6, 6.07) is 8.74. The lowest BCUT2D eigenvalue weighted by atomic mass is 10.1. The Morgan fingerprint density at radius 3 is 2.24 bits per heavy atom. The molecule has 1 unspecified atom stereocenters. The molecule has 0 radical (unpaired) electrons. The van der Waals surface area contributed by atoms with Crippen LogP contribution in [0.5, 0.6) is 5.88 Å². The van der Waals surface area contributed by atoms with E-state index >= 15 is 0 Å². The summed E-state index contributed by atoms with van der Waals surface area (Å²) in [5.74, 6) is -2.91. The molecule has 2 saturated heterocycles. The van der Waals surface area contributed by atoms with Crippen molar-refractivity contribution in [2.75, 3.05) is 45.9 Å². The van der Waals surface area contributed by atoms with Crippen molar-refractivity contribution in [3.8, 4) is 11.6 Å². The van der Waals surface area contributed by atoms with Crippen LogP contribution >= 0.6 is 0 Å². The number of para-hydroxylation sites is 1. The monoisotopic (exact) mass is 646 g/mol. The lowest BCUT2D eigenvalue weighted by Gasteiger charge is -2.35. The van der Waals surface area contributed by atoms with Crippen LogP contribution in [-0.2, 0) is 24.0 Å². The molecule has 0 saturated carbocycles. The van der Waals surface area contributed by atoms with Gasteiger partial charge in [-0.15, -0.1) is 5.06 Å². The Hall–Kier alpha value is -4.74. The van der Waals surface area contributed by atoms with Gasteiger partial charge in [0.15, 0.2) is 11.8 Å². The lowest BCUT2D eigenvalue weighted by Crippen LogP contribution is -2.55. The van der Waals surface area contributed by atoms with Crippen molar-refractivity contribution in [1.29, 1.82) is 0 Å². The number of aliphatic hydroxyl groups is 2. The number of carbonyl (C=O) groups excluding carboxylic acids is 4. The number of aliphatic carboxylic acids is 1. The molecular weight excluding hydrogens is 608 g/mol. The van der Waals surface area contributed by atoms with Gasteiger partial charge in [0.2, 0.25) is 11.8 Å². The Bertz CT molecular complexity index is 1390. The SMILES string of the molecule is CCOC(=O)ON1CCN(C(=O)C(CCC(=O)O)NC(=O)c2cc(O[C@@H](C)C(=O)N3C[C@H](O)[C@@H](O)C3)n(-c3ccccc3)n2)CC1. The Kier molecular flexibility index (Phi) is 11.5. The average molecular weight is 647 g/mol. The van der Waals surface area contributed by atoms with E-state index in [0.29, 0.717) is 5.69 Å². The maximum absolute atomic E-state index is 13.4. The minimum Gasteiger partial charge on any atom is -0.481 e. The number of ether oxygens (including phenoxy) is 2. The van der Waals surface area contributed by atoms with Gasteiger partial charge in [-0.2, -0.15) is 5.10 Å². The van der Waals surface area contributed by atoms with Gasteiger partial charge in [0, 0.05) is 38.7 Å². The number of carboxylic acid groups (broad SMARTS) is 1. The fourth-order valence-electron chi connectivity index (χ4n) is 4.98. The first-order chi connectivity index (χ1) is 22.0. The summed E-state index contributed by atoms with van der Waals surface area (Å²) in [5, 5.41) is 37.3. The van der Waals surface area contributed by atoms with Gasteiger partial charge in [-0.3, -0.25) is 19.2 Å². The number of β-amino-alcohol motifs (C(OH)–C–C–N with tert-alkyl or cyclic N) is 2. The number of piperazine rings is 1. The predicted octanol–water partition coefficient (Wildman–Crippen LogP) is -0.601. The van der Waals surface area contributed by atoms with Crippen LogP contribution < -0.4 is 10.1 Å². The van der Waals surface area contributed by atoms with E-state index in [-0.39, 0.29) is 63.9 Å². The first-order valence-electron chi connectivity index (χ1n) is 14.8. The molecule has 1 aromatic carbocycles. The molecule has 1 aromatic heterocycles. The number of carbonyl (C=O) groups is 5. The van der Waals surface area contributed by atoms with Gasteiger partial charge in [0.05, 0.1) is 37.6 Å². The Morgan fingerprint density at radius 2 is 1.63 bits per heavy atom. The van der Waals surface area contributed by atoms with Crippen molar-refractivity contribution < 1.29 is 53.6 Å². The molecule has 0 aliphatic carbocycles. The van der Waals surface area contributed by atoms with E-state index < -0.39 is 60.6 Å². The molecule has 17 heteroatoms. The number of hydrogen-bond acceptors (Lipinski definition) is 12. The molecule has 4 atom stereocenters. The zero-order valence-corrected chi connectivity index (χ0v) is 25.5. The van der Waals surface area contributed by atoms with Crippen LogP contribution in [0.25, 0.3) is 5.69 Å². The smallest absolute Gasteiger partial charge is 0.481 e. The minimum atomic E-state index is -1.21. The minimum absolute atomic E-state index is 0.0311. The topological polar surface area (TPSA) is 213 Å². The Morgan fingerprint density at radius 1 is 0.978 bits per heavy atom. The van der Waals surface area contributed by atoms with Crippen molar-refractivity contribution in [2.45, 2.75) is 51.0 Å². The molecule has 3 heterocycles. The van der Waals surface area contributed by atoms with Crippen molar-refractivity contribution >= 4 is 29.8 Å². The molecule has 17 nitrogen and oxygen atoms in total. The van der Waals surface area contributed by atoms with E-state index in [4.69, 9.17) is 14.3 Å². The van der Waals surface area contributed by atoms with Gasteiger partial charge in [-0.05, 0) is 32.4 Å². The highest BCUT2D eigenvalue weighted by molar-refractivity contribution is 5.96. The fourth-order valence-corrected chi connectivity index (χ4v) is 4.98. The standard InChI is InChI=1S/C29H38N6O11/c1-3-44-29(43)46-34-13-11-32(12-14-34)28(42)20(9-10-25(38)39)30-26(40)21-15-24(35(31-21)19-7-5-4-6-8-19)45-18(2)27(41)33-16-22(36)23(37)17-33/h4-8,15,18,20,22-23,36-37H,3,9-14,16-17H2,1-2H3,(H,30,40)(H,38,39)/t18-,20?,22-,23-/m0/s1. The fraction of sp³-hybridized carbons (Fsp3) is 0.517. The van der Waals surface area contributed by atoms with E-state index in [1.54, 1.807) is 37.3 Å². The van der Waals surface area contributed by atoms with Gasteiger partial charge in [-0.1, -0.05) is 18.2 Å². The number of carboxylic acids is 1. The summed E-state index contributed by atoms with van der Waals surface area (Å²) in [5.41, 5.74) is 0.343. The summed E-state index contributed by atoms with van der Waals surface area (Å²) in [7, 11) is 0. The predicted molar refractivity (Wildman–Crippen MR) is 157 cm³/mol. The second-order valence-electron chi connectivity index (χ2n) is 10.7. The maximum atomic E-state index is 13.4. The number of aromatic nitrogens is 2. The molecule has 0 bridgehead atoms. The van der Waals surface area contributed by atoms with Crippen molar-refractivity contribution in [1.82, 2.24) is 30.0 Å². The number of nitrogens with one attached hydrogen (secondary N) is 1. The van der Waals surface area contributed by atoms with Gasteiger partial charge >= 0.3 is 12.1 Å². The third kappa shape index (κ3) is 8.70. The van der Waals surface area contributed by atoms with E-state index in [0.717, 1.165) is 0 Å². The van der Waals surface area contributed by atoms with Crippen LogP contribution in [0.2, 0.25) is 0 Å². The average Bonchev–Trinajstić information content (AvgIpc) is 3.61. The number of hydrogen-bond donors (Lipinski definition) is 4. The lowest BCUT2D eigenvalue weighted by molar-refractivity contribution is -0.157. The number of hydroxylamine groups is 2. The third-order valence-electron chi connectivity index (χ3n) is 7.39. The summed E-state index contributed by atoms with van der Waals surface area (Å²) in [6.07, 6.45) is -4.67. The number of amides is 3. The molecule has 250 valence electrons. The molecule has 0 spiro atoms. The molecule has 2 fully saturated rings. The quantitative estimate of drug-likeness (QED) is 0.212. The molecule has 2 aliphatic heterocycles. The van der Waals surface area contributed by atoms with E-state index in [9.17, 15) is 39.3 Å². The molecule has 3 amide bonds. The number of benzene rings is 1. The summed E-state index contributed by atoms with van der Waals surface area (Å²) in [6.45, 7) is 3.81. The first kappa shape index (κ1) is 34.1. The van der Waals surface area contributed by atoms with E-state index in [2.05, 4.69) is 10.4 Å². The first-order valence-corrected chi connectivity index (χ1v) is 14.8. The second kappa shape index (κ2) is 15.5. The largest absolute Gasteiger partial charge is 0.527 e. The van der Waals surface area contributed by atoms with Crippen LogP contribution in [0.15, 0.2) is 36.4 Å².